The number of morpholine rings is 1. The Balaban J connectivity index is 1.10. The van der Waals surface area contributed by atoms with Crippen molar-refractivity contribution in [2.75, 3.05) is 129 Å². The van der Waals surface area contributed by atoms with E-state index in [2.05, 4.69) is 15.1 Å². The highest BCUT2D eigenvalue weighted by atomic mass is 16.5. The lowest BCUT2D eigenvalue weighted by atomic mass is 9.98. The van der Waals surface area contributed by atoms with Crippen molar-refractivity contribution in [3.05, 3.63) is 59.2 Å². The predicted molar refractivity (Wildman–Crippen MR) is 203 cm³/mol. The number of carbonyl (C=O) groups excluding carboxylic acids is 3. The van der Waals surface area contributed by atoms with Gasteiger partial charge < -0.3 is 43.7 Å². The predicted octanol–water partition coefficient (Wildman–Crippen LogP) is 3.58. The van der Waals surface area contributed by atoms with Crippen LogP contribution in [0.4, 0.5) is 11.4 Å². The molecule has 0 aliphatic carbocycles. The van der Waals surface area contributed by atoms with Gasteiger partial charge in [0.15, 0.2) is 0 Å². The molecule has 13 heteroatoms. The summed E-state index contributed by atoms with van der Waals surface area (Å²) in [5.41, 5.74) is 4.52. The van der Waals surface area contributed by atoms with Crippen LogP contribution in [-0.2, 0) is 33.3 Å². The summed E-state index contributed by atoms with van der Waals surface area (Å²) in [6, 6.07) is 13.6. The lowest BCUT2D eigenvalue weighted by Crippen LogP contribution is -2.53. The van der Waals surface area contributed by atoms with Gasteiger partial charge >= 0.3 is 0 Å². The maximum absolute atomic E-state index is 13.6. The van der Waals surface area contributed by atoms with E-state index < -0.39 is 0 Å². The molecule has 3 aliphatic rings. The van der Waals surface area contributed by atoms with Crippen LogP contribution in [0.25, 0.3) is 0 Å². The third-order valence-corrected chi connectivity index (χ3v) is 10.1. The molecular weight excluding hydrogens is 678 g/mol. The largest absolute Gasteiger partial charge is 0.379 e. The molecule has 0 spiro atoms. The molecule has 2 aromatic carbocycles. The van der Waals surface area contributed by atoms with Crippen molar-refractivity contribution in [1.82, 2.24) is 14.7 Å². The number of rotatable bonds is 9. The van der Waals surface area contributed by atoms with Crippen molar-refractivity contribution < 1.29 is 38.1 Å². The Hall–Kier alpha value is -3.59. The van der Waals surface area contributed by atoms with Crippen molar-refractivity contribution >= 4 is 29.1 Å². The van der Waals surface area contributed by atoms with E-state index in [1.165, 1.54) is 0 Å². The molecule has 3 amide bonds. The van der Waals surface area contributed by atoms with Gasteiger partial charge in [-0.2, -0.15) is 0 Å². The van der Waals surface area contributed by atoms with Crippen molar-refractivity contribution in [2.45, 2.75) is 39.5 Å². The molecule has 13 nitrogen and oxygen atoms in total. The molecule has 3 heterocycles. The Morgan fingerprint density at radius 2 is 1.32 bits per heavy atom. The van der Waals surface area contributed by atoms with E-state index in [-0.39, 0.29) is 30.2 Å². The molecule has 5 rings (SSSR count). The quantitative estimate of drug-likeness (QED) is 0.409. The number of hydrogen-bond acceptors (Lipinski definition) is 10. The van der Waals surface area contributed by atoms with Gasteiger partial charge in [0.2, 0.25) is 11.8 Å². The number of carbonyl (C=O) groups is 3. The smallest absolute Gasteiger partial charge is 0.257 e. The second-order valence-electron chi connectivity index (χ2n) is 14.0. The first-order valence-corrected chi connectivity index (χ1v) is 19.3. The monoisotopic (exact) mass is 737 g/mol. The molecule has 0 atom stereocenters. The molecule has 2 fully saturated rings. The molecule has 3 aliphatic heterocycles. The van der Waals surface area contributed by atoms with Crippen LogP contribution in [0.5, 0.6) is 0 Å². The van der Waals surface area contributed by atoms with Crippen LogP contribution in [0.2, 0.25) is 0 Å². The third-order valence-electron chi connectivity index (χ3n) is 10.1. The van der Waals surface area contributed by atoms with E-state index in [1.807, 2.05) is 56.3 Å². The Kier molecular flexibility index (Phi) is 16.8. The van der Waals surface area contributed by atoms with Gasteiger partial charge in [0.1, 0.15) is 6.54 Å². The molecule has 2 aromatic rings. The maximum atomic E-state index is 13.6. The molecule has 292 valence electrons. The van der Waals surface area contributed by atoms with Crippen LogP contribution >= 0.6 is 0 Å². The van der Waals surface area contributed by atoms with Gasteiger partial charge in [-0.25, -0.2) is 0 Å². The second kappa shape index (κ2) is 21.9. The summed E-state index contributed by atoms with van der Waals surface area (Å²) < 4.78 is 29.4. The summed E-state index contributed by atoms with van der Waals surface area (Å²) in [7, 11) is 0. The lowest BCUT2D eigenvalue weighted by molar-refractivity contribution is -0.136. The van der Waals surface area contributed by atoms with Crippen LogP contribution in [0.1, 0.15) is 47.2 Å². The molecule has 0 bridgehead atoms. The van der Waals surface area contributed by atoms with Crippen LogP contribution < -0.4 is 10.2 Å². The Labute approximate surface area is 314 Å². The standard InChI is InChI=1S/C40H59N5O8/c1-32-7-3-4-10-36(32)41-37(46)11-6-14-42-15-21-52-27-25-49-19-12-34(13-20-50-26-28-53-22-16-42)29-44-31-45(30-38(47)43-17-23-51-24-18-43)40(48)35-9-5-8-33(2)39(35)44/h3-5,7-10,34H,6,11-31H2,1-2H3,(H,41,46). The Bertz CT molecular complexity index is 1430. The van der Waals surface area contributed by atoms with E-state index in [0.717, 1.165) is 61.4 Å². The summed E-state index contributed by atoms with van der Waals surface area (Å²) in [5.74, 6) is 0.1000. The minimum atomic E-state index is -0.109. The topological polar surface area (TPSA) is 122 Å². The number of benzene rings is 2. The van der Waals surface area contributed by atoms with Gasteiger partial charge in [0.25, 0.3) is 5.91 Å². The number of aryl methyl sites for hydroxylation is 2. The third kappa shape index (κ3) is 13.0. The molecule has 0 aromatic heterocycles. The van der Waals surface area contributed by atoms with E-state index in [1.54, 1.807) is 9.80 Å². The Morgan fingerprint density at radius 1 is 0.717 bits per heavy atom. The normalized spacial score (nSPS) is 19.7. The number of anilines is 2. The van der Waals surface area contributed by atoms with Crippen molar-refractivity contribution in [3.8, 4) is 0 Å². The summed E-state index contributed by atoms with van der Waals surface area (Å²) in [4.78, 5) is 47.3. The van der Waals surface area contributed by atoms with Crippen LogP contribution in [0, 0.1) is 19.8 Å². The highest BCUT2D eigenvalue weighted by Crippen LogP contribution is 2.32. The van der Waals surface area contributed by atoms with Gasteiger partial charge in [0.05, 0.1) is 70.8 Å². The van der Waals surface area contributed by atoms with Gasteiger partial charge in [-0.05, 0) is 68.8 Å². The average molecular weight is 738 g/mol. The first kappa shape index (κ1) is 40.6. The van der Waals surface area contributed by atoms with Gasteiger partial charge in [-0.15, -0.1) is 0 Å². The number of nitrogens with zero attached hydrogens (tertiary/aromatic N) is 4. The minimum absolute atomic E-state index is 0.0219. The van der Waals surface area contributed by atoms with Gasteiger partial charge in [-0.1, -0.05) is 30.3 Å². The summed E-state index contributed by atoms with van der Waals surface area (Å²) in [5, 5.41) is 3.02. The maximum Gasteiger partial charge on any atom is 0.257 e. The first-order chi connectivity index (χ1) is 25.9. The Morgan fingerprint density at radius 3 is 2.00 bits per heavy atom. The van der Waals surface area contributed by atoms with Crippen molar-refractivity contribution in [2.24, 2.45) is 5.92 Å². The van der Waals surface area contributed by atoms with E-state index in [0.29, 0.717) is 104 Å². The minimum Gasteiger partial charge on any atom is -0.379 e. The molecule has 53 heavy (non-hydrogen) atoms. The number of hydrogen-bond donors (Lipinski definition) is 1. The second-order valence-corrected chi connectivity index (χ2v) is 14.0. The SMILES string of the molecule is Cc1ccccc1NC(=O)CCCN1CCOCCOCCC(CN2CN(CC(=O)N3CCOCC3)C(=O)c3cccc(C)c32)CCOCCOCC1. The van der Waals surface area contributed by atoms with Gasteiger partial charge in [-0.3, -0.25) is 19.3 Å². The fourth-order valence-corrected chi connectivity index (χ4v) is 7.00. The molecule has 1 N–H and O–H groups in total. The zero-order valence-corrected chi connectivity index (χ0v) is 31.7. The fraction of sp³-hybridized carbons (Fsp3) is 0.625. The van der Waals surface area contributed by atoms with Crippen LogP contribution in [0.15, 0.2) is 42.5 Å². The lowest BCUT2D eigenvalue weighted by Gasteiger charge is -2.41. The molecular formula is C40H59N5O8. The van der Waals surface area contributed by atoms with Crippen LogP contribution in [-0.4, -0.2) is 151 Å². The van der Waals surface area contributed by atoms with Crippen molar-refractivity contribution in [3.63, 3.8) is 0 Å². The molecule has 0 radical (unpaired) electrons. The van der Waals surface area contributed by atoms with Gasteiger partial charge in [0, 0.05) is 58.0 Å². The highest BCUT2D eigenvalue weighted by Gasteiger charge is 2.33. The molecule has 0 unspecified atom stereocenters. The van der Waals surface area contributed by atoms with Crippen LogP contribution in [0.3, 0.4) is 0 Å². The number of para-hydroxylation sites is 2. The van der Waals surface area contributed by atoms with E-state index in [9.17, 15) is 14.4 Å². The number of fused-ring (bicyclic) bond motifs is 1. The number of ether oxygens (including phenoxy) is 5. The summed E-state index contributed by atoms with van der Waals surface area (Å²) >= 11 is 0. The first-order valence-electron chi connectivity index (χ1n) is 19.3. The summed E-state index contributed by atoms with van der Waals surface area (Å²) in [6.07, 6.45) is 2.84. The number of nitrogens with one attached hydrogen (secondary N) is 1. The highest BCUT2D eigenvalue weighted by molar-refractivity contribution is 6.03. The zero-order chi connectivity index (χ0) is 37.3. The van der Waals surface area contributed by atoms with E-state index in [4.69, 9.17) is 23.7 Å². The molecule has 2 saturated heterocycles. The van der Waals surface area contributed by atoms with E-state index >= 15 is 0 Å². The number of amides is 3. The zero-order valence-electron chi connectivity index (χ0n) is 31.7. The average Bonchev–Trinajstić information content (AvgIpc) is 3.16. The fourth-order valence-electron chi connectivity index (χ4n) is 7.00. The summed E-state index contributed by atoms with van der Waals surface area (Å²) in [6.45, 7) is 13.9. The molecule has 0 saturated carbocycles. The van der Waals surface area contributed by atoms with Crippen molar-refractivity contribution in [1.29, 1.82) is 0 Å².